The van der Waals surface area contributed by atoms with Gasteiger partial charge in [-0.3, -0.25) is 9.55 Å². The molecule has 9 aromatic rings. The van der Waals surface area contributed by atoms with Gasteiger partial charge in [-0.15, -0.1) is 10.2 Å². The number of hydrogen-bond donors (Lipinski definition) is 0. The Morgan fingerprint density at radius 2 is 1.00 bits per heavy atom. The molecule has 0 aliphatic carbocycles. The first kappa shape index (κ1) is 23.8. The molecule has 0 aliphatic heterocycles. The Kier molecular flexibility index (Phi) is 5.16. The SMILES string of the molecule is c1ccc(-c2nnc(-c3ccccc3)n2-c2ccc3ccc4c(-c5cc6ccccc6cn5)ccc5ccc2c3c54)cc1. The van der Waals surface area contributed by atoms with Gasteiger partial charge in [0.25, 0.3) is 0 Å². The van der Waals surface area contributed by atoms with Crippen LogP contribution in [0.25, 0.3) is 82.8 Å². The first-order valence-electron chi connectivity index (χ1n) is 14.5. The summed E-state index contributed by atoms with van der Waals surface area (Å²) in [6, 6.07) is 49.0. The maximum absolute atomic E-state index is 4.89. The maximum atomic E-state index is 4.89. The molecule has 2 aromatic heterocycles. The molecule has 7 aromatic carbocycles. The predicted molar refractivity (Wildman–Crippen MR) is 177 cm³/mol. The van der Waals surface area contributed by atoms with Crippen molar-refractivity contribution in [1.29, 1.82) is 0 Å². The molecule has 0 bridgehead atoms. The minimum absolute atomic E-state index is 0.815. The molecule has 0 aliphatic rings. The van der Waals surface area contributed by atoms with Gasteiger partial charge in [0.15, 0.2) is 11.6 Å². The van der Waals surface area contributed by atoms with E-state index < -0.39 is 0 Å². The third kappa shape index (κ3) is 3.67. The van der Waals surface area contributed by atoms with E-state index in [0.29, 0.717) is 0 Å². The number of fused-ring (bicyclic) bond motifs is 1. The molecule has 0 saturated carbocycles. The van der Waals surface area contributed by atoms with E-state index in [0.717, 1.165) is 50.5 Å². The Hall–Kier alpha value is -5.87. The molecule has 0 amide bonds. The number of nitrogens with zero attached hydrogens (tertiary/aromatic N) is 4. The second-order valence-corrected chi connectivity index (χ2v) is 11.0. The lowest BCUT2D eigenvalue weighted by atomic mass is 9.90. The molecule has 2 heterocycles. The van der Waals surface area contributed by atoms with Crippen molar-refractivity contribution in [3.05, 3.63) is 146 Å². The smallest absolute Gasteiger partial charge is 0.168 e. The first-order chi connectivity index (χ1) is 21.3. The minimum atomic E-state index is 0.815. The van der Waals surface area contributed by atoms with Crippen LogP contribution in [-0.4, -0.2) is 19.7 Å². The lowest BCUT2D eigenvalue weighted by Gasteiger charge is -2.18. The third-order valence-electron chi connectivity index (χ3n) is 8.52. The Bertz CT molecular complexity index is 2390. The van der Waals surface area contributed by atoms with E-state index in [1.807, 2.05) is 42.6 Å². The Labute approximate surface area is 247 Å². The molecule has 43 heavy (non-hydrogen) atoms. The molecule has 200 valence electrons. The summed E-state index contributed by atoms with van der Waals surface area (Å²) < 4.78 is 2.21. The van der Waals surface area contributed by atoms with E-state index in [4.69, 9.17) is 15.2 Å². The summed E-state index contributed by atoms with van der Waals surface area (Å²) in [4.78, 5) is 4.89. The van der Waals surface area contributed by atoms with Crippen LogP contribution in [0.3, 0.4) is 0 Å². The van der Waals surface area contributed by atoms with Gasteiger partial charge in [-0.2, -0.15) is 0 Å². The van der Waals surface area contributed by atoms with Gasteiger partial charge in [0.05, 0.1) is 11.4 Å². The van der Waals surface area contributed by atoms with Crippen molar-refractivity contribution >= 4 is 43.1 Å². The fourth-order valence-corrected chi connectivity index (χ4v) is 6.50. The standard InChI is InChI=1S/C39H24N4/c1-3-9-27(10-4-1)38-41-42-39(28-11-5-2-6-12-28)43(38)35-22-18-26-16-20-32-31(19-15-25-17-21-33(35)37(26)36(25)32)34-23-29-13-7-8-14-30(29)24-40-34/h1-24H. The zero-order valence-electron chi connectivity index (χ0n) is 23.1. The van der Waals surface area contributed by atoms with E-state index in [-0.39, 0.29) is 0 Å². The quantitative estimate of drug-likeness (QED) is 0.206. The van der Waals surface area contributed by atoms with Gasteiger partial charge in [0, 0.05) is 33.7 Å². The predicted octanol–water partition coefficient (Wildman–Crippen LogP) is 9.71. The molecule has 0 unspecified atom stereocenters. The van der Waals surface area contributed by atoms with Gasteiger partial charge in [-0.1, -0.05) is 127 Å². The van der Waals surface area contributed by atoms with E-state index >= 15 is 0 Å². The zero-order chi connectivity index (χ0) is 28.3. The molecule has 0 spiro atoms. The van der Waals surface area contributed by atoms with Crippen molar-refractivity contribution in [2.75, 3.05) is 0 Å². The van der Waals surface area contributed by atoms with Crippen molar-refractivity contribution in [2.45, 2.75) is 0 Å². The maximum Gasteiger partial charge on any atom is 0.168 e. The monoisotopic (exact) mass is 548 g/mol. The van der Waals surface area contributed by atoms with E-state index in [1.165, 1.54) is 32.3 Å². The molecule has 4 heteroatoms. The molecule has 0 N–H and O–H groups in total. The van der Waals surface area contributed by atoms with Crippen LogP contribution in [0.1, 0.15) is 0 Å². The summed E-state index contributed by atoms with van der Waals surface area (Å²) in [6.07, 6.45) is 1.98. The van der Waals surface area contributed by atoms with E-state index in [2.05, 4.69) is 108 Å². The summed E-state index contributed by atoms with van der Waals surface area (Å²) in [5, 5.41) is 19.1. The normalized spacial score (nSPS) is 11.7. The Balaban J connectivity index is 1.34. The summed E-state index contributed by atoms with van der Waals surface area (Å²) in [5.41, 5.74) is 5.21. The Morgan fingerprint density at radius 1 is 0.442 bits per heavy atom. The van der Waals surface area contributed by atoms with Crippen LogP contribution < -0.4 is 0 Å². The summed E-state index contributed by atoms with van der Waals surface area (Å²) in [6.45, 7) is 0. The highest BCUT2D eigenvalue weighted by Crippen LogP contribution is 2.42. The van der Waals surface area contributed by atoms with Crippen LogP contribution in [0.2, 0.25) is 0 Å². The average Bonchev–Trinajstić information content (AvgIpc) is 3.52. The molecule has 9 rings (SSSR count). The summed E-state index contributed by atoms with van der Waals surface area (Å²) in [7, 11) is 0. The van der Waals surface area contributed by atoms with Crippen LogP contribution in [0.5, 0.6) is 0 Å². The van der Waals surface area contributed by atoms with E-state index in [1.54, 1.807) is 0 Å². The van der Waals surface area contributed by atoms with Gasteiger partial charge >= 0.3 is 0 Å². The van der Waals surface area contributed by atoms with Crippen molar-refractivity contribution < 1.29 is 0 Å². The number of aromatic nitrogens is 4. The second kappa shape index (κ2) is 9.33. The minimum Gasteiger partial charge on any atom is -0.274 e. The van der Waals surface area contributed by atoms with Crippen molar-refractivity contribution in [2.24, 2.45) is 0 Å². The average molecular weight is 549 g/mol. The Morgan fingerprint density at radius 3 is 1.70 bits per heavy atom. The van der Waals surface area contributed by atoms with Gasteiger partial charge in [-0.25, -0.2) is 0 Å². The number of pyridine rings is 1. The molecule has 4 nitrogen and oxygen atoms in total. The third-order valence-corrected chi connectivity index (χ3v) is 8.52. The first-order valence-corrected chi connectivity index (χ1v) is 14.5. The summed E-state index contributed by atoms with van der Waals surface area (Å²) >= 11 is 0. The molecular formula is C39H24N4. The van der Waals surface area contributed by atoms with Gasteiger partial charge in [-0.05, 0) is 44.5 Å². The highest BCUT2D eigenvalue weighted by Gasteiger charge is 2.21. The zero-order valence-corrected chi connectivity index (χ0v) is 23.1. The molecule has 0 radical (unpaired) electrons. The molecule has 0 saturated heterocycles. The van der Waals surface area contributed by atoms with E-state index in [9.17, 15) is 0 Å². The van der Waals surface area contributed by atoms with Crippen LogP contribution in [0.4, 0.5) is 0 Å². The lowest BCUT2D eigenvalue weighted by Crippen LogP contribution is -2.02. The van der Waals surface area contributed by atoms with Crippen LogP contribution in [0.15, 0.2) is 146 Å². The van der Waals surface area contributed by atoms with Crippen LogP contribution in [0, 0.1) is 0 Å². The number of rotatable bonds is 4. The number of hydrogen-bond acceptors (Lipinski definition) is 3. The van der Waals surface area contributed by atoms with Gasteiger partial charge in [0.2, 0.25) is 0 Å². The van der Waals surface area contributed by atoms with Crippen LogP contribution >= 0.6 is 0 Å². The summed E-state index contributed by atoms with van der Waals surface area (Å²) in [5.74, 6) is 1.63. The fourth-order valence-electron chi connectivity index (χ4n) is 6.50. The number of benzene rings is 7. The molecular weight excluding hydrogens is 524 g/mol. The van der Waals surface area contributed by atoms with Gasteiger partial charge in [0.1, 0.15) is 0 Å². The lowest BCUT2D eigenvalue weighted by molar-refractivity contribution is 1.09. The largest absolute Gasteiger partial charge is 0.274 e. The fraction of sp³-hybridized carbons (Fsp3) is 0. The van der Waals surface area contributed by atoms with Gasteiger partial charge < -0.3 is 0 Å². The topological polar surface area (TPSA) is 43.6 Å². The van der Waals surface area contributed by atoms with Crippen molar-refractivity contribution in [1.82, 2.24) is 19.7 Å². The highest BCUT2D eigenvalue weighted by atomic mass is 15.3. The van der Waals surface area contributed by atoms with Crippen molar-refractivity contribution in [3.63, 3.8) is 0 Å². The second-order valence-electron chi connectivity index (χ2n) is 11.0. The molecule has 0 atom stereocenters. The molecule has 0 fully saturated rings. The van der Waals surface area contributed by atoms with Crippen LogP contribution in [-0.2, 0) is 0 Å². The van der Waals surface area contributed by atoms with Crippen molar-refractivity contribution in [3.8, 4) is 39.7 Å². The highest BCUT2D eigenvalue weighted by molar-refractivity contribution is 6.26.